The van der Waals surface area contributed by atoms with Gasteiger partial charge in [-0.05, 0) is 40.6 Å². The topological polar surface area (TPSA) is 44.8 Å². The number of carbonyl (C=O) groups excluding carboxylic acids is 1. The summed E-state index contributed by atoms with van der Waals surface area (Å²) >= 11 is 0. The molecule has 1 heterocycles. The number of ether oxygens (including phenoxy) is 1. The largest absolute Gasteiger partial charge is 0.462 e. The Morgan fingerprint density at radius 3 is 1.62 bits per heavy atom. The molecule has 3 aromatic rings. The van der Waals surface area contributed by atoms with Crippen LogP contribution < -0.4 is 15.6 Å². The number of hydrogen-bond acceptors (Lipinski definition) is 4. The Kier molecular flexibility index (Phi) is 9.01. The van der Waals surface area contributed by atoms with Crippen LogP contribution in [0.25, 0.3) is 0 Å². The van der Waals surface area contributed by atoms with E-state index in [1.54, 1.807) is 0 Å². The molecule has 39 heavy (non-hydrogen) atoms. The summed E-state index contributed by atoms with van der Waals surface area (Å²) < 4.78 is 19.9. The van der Waals surface area contributed by atoms with E-state index in [-0.39, 0.29) is 35.1 Å². The predicted octanol–water partition coefficient (Wildman–Crippen LogP) is 5.65. The van der Waals surface area contributed by atoms with Crippen LogP contribution in [-0.4, -0.2) is 41.4 Å². The summed E-state index contributed by atoms with van der Waals surface area (Å²) in [6.07, 6.45) is 0.215. The lowest BCUT2D eigenvalue weighted by Gasteiger charge is -2.46. The Labute approximate surface area is 237 Å². The van der Waals surface area contributed by atoms with E-state index in [2.05, 4.69) is 114 Å². The van der Waals surface area contributed by atoms with Gasteiger partial charge in [0.1, 0.15) is 6.10 Å². The average Bonchev–Trinajstić information content (AvgIpc) is 2.93. The van der Waals surface area contributed by atoms with Gasteiger partial charge in [0.2, 0.25) is 0 Å². The number of hydrogen-bond donors (Lipinski definition) is 0. The highest BCUT2D eigenvalue weighted by molar-refractivity contribution is 7.07. The van der Waals surface area contributed by atoms with E-state index in [0.717, 1.165) is 0 Å². The van der Waals surface area contributed by atoms with E-state index in [9.17, 15) is 4.79 Å². The van der Waals surface area contributed by atoms with Crippen molar-refractivity contribution in [3.63, 3.8) is 0 Å². The second-order valence-corrected chi connectivity index (χ2v) is 20.5. The van der Waals surface area contributed by atoms with Crippen molar-refractivity contribution < 1.29 is 18.4 Å². The maximum Gasteiger partial charge on any atom is 0.311 e. The lowest BCUT2D eigenvalue weighted by Crippen LogP contribution is -2.69. The second kappa shape index (κ2) is 11.9. The van der Waals surface area contributed by atoms with Gasteiger partial charge in [0.05, 0.1) is 12.0 Å². The summed E-state index contributed by atoms with van der Waals surface area (Å²) in [6, 6.07) is 31.7. The molecule has 208 valence electrons. The molecule has 0 aliphatic carbocycles. The third-order valence-electron chi connectivity index (χ3n) is 8.74. The Hall–Kier alpha value is -2.52. The van der Waals surface area contributed by atoms with Gasteiger partial charge in [0, 0.05) is 18.9 Å². The van der Waals surface area contributed by atoms with Crippen molar-refractivity contribution in [1.29, 1.82) is 0 Å². The van der Waals surface area contributed by atoms with Gasteiger partial charge in [-0.2, -0.15) is 0 Å². The van der Waals surface area contributed by atoms with Crippen LogP contribution >= 0.6 is 0 Å². The van der Waals surface area contributed by atoms with Gasteiger partial charge in [-0.1, -0.05) is 119 Å². The minimum Gasteiger partial charge on any atom is -0.462 e. The molecule has 1 aliphatic rings. The summed E-state index contributed by atoms with van der Waals surface area (Å²) in [6.45, 7) is 15.8. The molecule has 0 aromatic heterocycles. The molecule has 3 aromatic carbocycles. The van der Waals surface area contributed by atoms with Crippen molar-refractivity contribution in [3.05, 3.63) is 91.0 Å². The van der Waals surface area contributed by atoms with Crippen LogP contribution in [0.2, 0.25) is 18.1 Å². The lowest BCUT2D eigenvalue weighted by atomic mass is 9.85. The second-order valence-electron chi connectivity index (χ2n) is 12.4. The molecule has 4 nitrogen and oxygen atoms in total. The third-order valence-corrected chi connectivity index (χ3v) is 17.3. The highest BCUT2D eigenvalue weighted by atomic mass is 28.4. The SMILES string of the molecule is C[C@H]1[C@@H](O[Si](C)(C)C(C)(C)C)[C@@H](C)C(=O)O[C@H]1CCO[Si](c1ccccc1)(c1ccccc1)c1ccccc1. The van der Waals surface area contributed by atoms with Crippen LogP contribution in [0.15, 0.2) is 91.0 Å². The van der Waals surface area contributed by atoms with Crippen LogP contribution in [0.1, 0.15) is 41.0 Å². The molecule has 0 unspecified atom stereocenters. The summed E-state index contributed by atoms with van der Waals surface area (Å²) in [5.41, 5.74) is 0. The summed E-state index contributed by atoms with van der Waals surface area (Å²) in [5, 5.41) is 3.66. The fourth-order valence-corrected chi connectivity index (χ4v) is 10.7. The van der Waals surface area contributed by atoms with Gasteiger partial charge >= 0.3 is 5.97 Å². The number of benzene rings is 3. The quantitative estimate of drug-likeness (QED) is 0.193. The minimum atomic E-state index is -2.81. The monoisotopic (exact) mass is 560 g/mol. The maximum absolute atomic E-state index is 13.0. The van der Waals surface area contributed by atoms with E-state index >= 15 is 0 Å². The molecule has 1 aliphatic heterocycles. The Morgan fingerprint density at radius 1 is 0.769 bits per heavy atom. The van der Waals surface area contributed by atoms with E-state index in [1.165, 1.54) is 15.6 Å². The number of esters is 1. The molecule has 1 fully saturated rings. The molecule has 0 radical (unpaired) electrons. The molecule has 0 spiro atoms. The van der Waals surface area contributed by atoms with Crippen LogP contribution in [-0.2, 0) is 18.4 Å². The highest BCUT2D eigenvalue weighted by Gasteiger charge is 2.48. The summed E-state index contributed by atoms with van der Waals surface area (Å²) in [5.74, 6) is -0.367. The molecule has 0 bridgehead atoms. The van der Waals surface area contributed by atoms with Crippen LogP contribution in [0, 0.1) is 11.8 Å². The molecular weight excluding hydrogens is 517 g/mol. The summed E-state index contributed by atoms with van der Waals surface area (Å²) in [7, 11) is -4.87. The standard InChI is InChI=1S/C33H44O4Si2/c1-25-30(36-32(34)26(2)31(25)37-38(6,7)33(3,4)5)23-24-35-39(27-17-11-8-12-18-27,28-19-13-9-14-20-28)29-21-15-10-16-22-29/h8-22,25-26,30-31H,23-24H2,1-7H3/t25-,26-,30+,31-/m1/s1. The van der Waals surface area contributed by atoms with Gasteiger partial charge in [-0.25, -0.2) is 0 Å². The third kappa shape index (κ3) is 6.14. The van der Waals surface area contributed by atoms with Gasteiger partial charge in [0.15, 0.2) is 8.32 Å². The van der Waals surface area contributed by atoms with Crippen LogP contribution in [0.4, 0.5) is 0 Å². The molecule has 0 N–H and O–H groups in total. The molecular formula is C33H44O4Si2. The zero-order valence-electron chi connectivity index (χ0n) is 24.5. The van der Waals surface area contributed by atoms with Gasteiger partial charge in [-0.3, -0.25) is 4.79 Å². The molecule has 6 heteroatoms. The van der Waals surface area contributed by atoms with E-state index < -0.39 is 16.6 Å². The van der Waals surface area contributed by atoms with Crippen molar-refractivity contribution >= 4 is 38.2 Å². The van der Waals surface area contributed by atoms with E-state index in [4.69, 9.17) is 13.6 Å². The molecule has 1 saturated heterocycles. The molecule has 4 rings (SSSR count). The average molecular weight is 561 g/mol. The first kappa shape index (κ1) is 29.5. The van der Waals surface area contributed by atoms with E-state index in [0.29, 0.717) is 13.0 Å². The highest BCUT2D eigenvalue weighted by Crippen LogP contribution is 2.41. The van der Waals surface area contributed by atoms with Crippen LogP contribution in [0.3, 0.4) is 0 Å². The first-order valence-electron chi connectivity index (χ1n) is 14.2. The smallest absolute Gasteiger partial charge is 0.311 e. The Morgan fingerprint density at radius 2 is 1.21 bits per heavy atom. The minimum absolute atomic E-state index is 0.0681. The number of cyclic esters (lactones) is 1. The molecule has 0 amide bonds. The first-order chi connectivity index (χ1) is 18.5. The summed E-state index contributed by atoms with van der Waals surface area (Å²) in [4.78, 5) is 13.0. The zero-order chi connectivity index (χ0) is 28.3. The number of carbonyl (C=O) groups is 1. The Bertz CT molecular complexity index is 1110. The molecule has 0 saturated carbocycles. The zero-order valence-corrected chi connectivity index (χ0v) is 26.5. The fraction of sp³-hybridized carbons (Fsp3) is 0.424. The normalized spacial score (nSPS) is 22.4. The molecule has 4 atom stereocenters. The van der Waals surface area contributed by atoms with Gasteiger partial charge in [-0.15, -0.1) is 0 Å². The van der Waals surface area contributed by atoms with Crippen molar-refractivity contribution in [2.75, 3.05) is 6.61 Å². The first-order valence-corrected chi connectivity index (χ1v) is 19.0. The van der Waals surface area contributed by atoms with Gasteiger partial charge in [0.25, 0.3) is 8.32 Å². The fourth-order valence-electron chi connectivity index (χ4n) is 5.31. The van der Waals surface area contributed by atoms with Gasteiger partial charge < -0.3 is 13.6 Å². The Balaban J connectivity index is 1.62. The van der Waals surface area contributed by atoms with Crippen molar-refractivity contribution in [2.45, 2.75) is 71.4 Å². The van der Waals surface area contributed by atoms with Crippen molar-refractivity contribution in [2.24, 2.45) is 11.8 Å². The van der Waals surface area contributed by atoms with Crippen molar-refractivity contribution in [1.82, 2.24) is 0 Å². The van der Waals surface area contributed by atoms with E-state index in [1.807, 2.05) is 25.1 Å². The van der Waals surface area contributed by atoms with Crippen LogP contribution in [0.5, 0.6) is 0 Å². The predicted molar refractivity (Wildman–Crippen MR) is 165 cm³/mol. The lowest BCUT2D eigenvalue weighted by molar-refractivity contribution is -0.176. The van der Waals surface area contributed by atoms with Crippen molar-refractivity contribution in [3.8, 4) is 0 Å². The number of rotatable bonds is 9. The maximum atomic E-state index is 13.0.